The van der Waals surface area contributed by atoms with Crippen LogP contribution in [0.25, 0.3) is 0 Å². The van der Waals surface area contributed by atoms with Gasteiger partial charge in [0.25, 0.3) is 0 Å². The summed E-state index contributed by atoms with van der Waals surface area (Å²) >= 11 is 0. The van der Waals surface area contributed by atoms with E-state index in [9.17, 15) is 9.59 Å². The van der Waals surface area contributed by atoms with Crippen molar-refractivity contribution in [1.29, 1.82) is 0 Å². The molecule has 2 atom stereocenters. The fourth-order valence-corrected chi connectivity index (χ4v) is 2.36. The Morgan fingerprint density at radius 3 is 2.69 bits per heavy atom. The minimum absolute atomic E-state index is 0.00348. The highest BCUT2D eigenvalue weighted by Crippen LogP contribution is 2.34. The molecule has 0 unspecified atom stereocenters. The van der Waals surface area contributed by atoms with Gasteiger partial charge in [-0.15, -0.1) is 0 Å². The Kier molecular flexibility index (Phi) is 3.13. The number of ketones is 2. The number of aromatic nitrogens is 1. The molecule has 1 aromatic heterocycles. The van der Waals surface area contributed by atoms with E-state index in [4.69, 9.17) is 0 Å². The van der Waals surface area contributed by atoms with E-state index in [-0.39, 0.29) is 17.5 Å². The highest BCUT2D eigenvalue weighted by molar-refractivity contribution is 6.01. The Balaban J connectivity index is 2.15. The van der Waals surface area contributed by atoms with Gasteiger partial charge in [0.05, 0.1) is 5.92 Å². The summed E-state index contributed by atoms with van der Waals surface area (Å²) in [4.78, 5) is 26.9. The zero-order valence-corrected chi connectivity index (χ0v) is 9.35. The smallest absolute Gasteiger partial charge is 0.143 e. The third kappa shape index (κ3) is 2.18. The number of hydrogen-bond donors (Lipinski definition) is 0. The Labute approximate surface area is 94.9 Å². The van der Waals surface area contributed by atoms with Crippen LogP contribution in [0.4, 0.5) is 0 Å². The molecule has 84 valence electrons. The van der Waals surface area contributed by atoms with Gasteiger partial charge in [-0.25, -0.2) is 0 Å². The van der Waals surface area contributed by atoms with Gasteiger partial charge in [0.1, 0.15) is 11.6 Å². The van der Waals surface area contributed by atoms with Crippen LogP contribution in [-0.4, -0.2) is 16.6 Å². The Bertz CT molecular complexity index is 400. The lowest BCUT2D eigenvalue weighted by Crippen LogP contribution is -2.29. The fraction of sp³-hybridized carbons (Fsp3) is 0.462. The van der Waals surface area contributed by atoms with E-state index in [2.05, 4.69) is 4.98 Å². The van der Waals surface area contributed by atoms with Gasteiger partial charge in [0, 0.05) is 18.8 Å². The molecule has 1 saturated carbocycles. The number of hydrogen-bond acceptors (Lipinski definition) is 3. The second kappa shape index (κ2) is 4.56. The van der Waals surface area contributed by atoms with E-state index in [1.54, 1.807) is 12.4 Å². The average molecular weight is 217 g/mol. The lowest BCUT2D eigenvalue weighted by Gasteiger charge is -2.26. The van der Waals surface area contributed by atoms with Gasteiger partial charge in [-0.1, -0.05) is 0 Å². The van der Waals surface area contributed by atoms with Crippen LogP contribution < -0.4 is 0 Å². The lowest BCUT2D eigenvalue weighted by atomic mass is 9.76. The van der Waals surface area contributed by atoms with Gasteiger partial charge >= 0.3 is 0 Å². The van der Waals surface area contributed by atoms with E-state index in [0.29, 0.717) is 18.8 Å². The Morgan fingerprint density at radius 2 is 2.06 bits per heavy atom. The van der Waals surface area contributed by atoms with Crippen molar-refractivity contribution in [3.05, 3.63) is 30.1 Å². The molecule has 1 fully saturated rings. The van der Waals surface area contributed by atoms with Gasteiger partial charge in [-0.3, -0.25) is 14.6 Å². The largest absolute Gasteiger partial charge is 0.299 e. The Morgan fingerprint density at radius 1 is 1.38 bits per heavy atom. The van der Waals surface area contributed by atoms with Gasteiger partial charge in [0.2, 0.25) is 0 Å². The van der Waals surface area contributed by atoms with Crippen molar-refractivity contribution in [2.75, 3.05) is 0 Å². The highest BCUT2D eigenvalue weighted by atomic mass is 16.1. The summed E-state index contributed by atoms with van der Waals surface area (Å²) in [6.45, 7) is 1.51. The van der Waals surface area contributed by atoms with E-state index in [0.717, 1.165) is 6.42 Å². The molecule has 0 radical (unpaired) electrons. The quantitative estimate of drug-likeness (QED) is 0.713. The van der Waals surface area contributed by atoms with Crippen LogP contribution in [0.1, 0.15) is 37.7 Å². The summed E-state index contributed by atoms with van der Waals surface area (Å²) in [6, 6.07) is 3.94. The van der Waals surface area contributed by atoms with Crippen LogP contribution in [0.15, 0.2) is 24.5 Å². The first kappa shape index (κ1) is 11.0. The second-order valence-corrected chi connectivity index (χ2v) is 4.38. The normalized spacial score (nSPS) is 25.4. The van der Waals surface area contributed by atoms with E-state index >= 15 is 0 Å². The lowest BCUT2D eigenvalue weighted by molar-refractivity contribution is -0.133. The highest BCUT2D eigenvalue weighted by Gasteiger charge is 2.32. The maximum absolute atomic E-state index is 11.6. The zero-order chi connectivity index (χ0) is 11.5. The van der Waals surface area contributed by atoms with Gasteiger partial charge in [-0.2, -0.15) is 0 Å². The van der Waals surface area contributed by atoms with Crippen molar-refractivity contribution >= 4 is 11.6 Å². The first-order chi connectivity index (χ1) is 7.68. The van der Waals surface area contributed by atoms with E-state index in [1.165, 1.54) is 12.5 Å². The monoisotopic (exact) mass is 217 g/mol. The van der Waals surface area contributed by atoms with Crippen molar-refractivity contribution < 1.29 is 9.59 Å². The standard InChI is InChI=1S/C13H15NO2/c1-9(15)12-8-11(2-3-13(12)16)10-4-6-14-7-5-10/h4-7,11-12H,2-3,8H2,1H3/t11-,12+/m1/s1. The van der Waals surface area contributed by atoms with Crippen molar-refractivity contribution in [3.63, 3.8) is 0 Å². The first-order valence-corrected chi connectivity index (χ1v) is 5.61. The van der Waals surface area contributed by atoms with Crippen molar-refractivity contribution in [2.45, 2.75) is 32.1 Å². The maximum Gasteiger partial charge on any atom is 0.143 e. The summed E-state index contributed by atoms with van der Waals surface area (Å²) in [5, 5.41) is 0. The van der Waals surface area contributed by atoms with Crippen LogP contribution >= 0.6 is 0 Å². The fourth-order valence-electron chi connectivity index (χ4n) is 2.36. The summed E-state index contributed by atoms with van der Waals surface area (Å²) in [7, 11) is 0. The number of pyridine rings is 1. The summed E-state index contributed by atoms with van der Waals surface area (Å²) in [5.41, 5.74) is 1.19. The molecular formula is C13H15NO2. The molecule has 1 aliphatic rings. The molecule has 3 nitrogen and oxygen atoms in total. The molecule has 0 aromatic carbocycles. The Hall–Kier alpha value is -1.51. The maximum atomic E-state index is 11.6. The molecule has 1 aromatic rings. The number of carbonyl (C=O) groups excluding carboxylic acids is 2. The molecule has 16 heavy (non-hydrogen) atoms. The molecule has 1 heterocycles. The minimum atomic E-state index is -0.382. The third-order valence-electron chi connectivity index (χ3n) is 3.32. The molecule has 0 saturated heterocycles. The second-order valence-electron chi connectivity index (χ2n) is 4.38. The van der Waals surface area contributed by atoms with Crippen LogP contribution in [0, 0.1) is 5.92 Å². The van der Waals surface area contributed by atoms with Crippen LogP contribution in [0.2, 0.25) is 0 Å². The molecule has 0 N–H and O–H groups in total. The number of carbonyl (C=O) groups is 2. The SMILES string of the molecule is CC(=O)[C@@H]1C[C@H](c2ccncc2)CCC1=O. The van der Waals surface area contributed by atoms with E-state index in [1.807, 2.05) is 12.1 Å². The van der Waals surface area contributed by atoms with Crippen LogP contribution in [-0.2, 0) is 9.59 Å². The molecule has 0 amide bonds. The van der Waals surface area contributed by atoms with E-state index < -0.39 is 0 Å². The topological polar surface area (TPSA) is 47.0 Å². The zero-order valence-electron chi connectivity index (χ0n) is 9.35. The van der Waals surface area contributed by atoms with Crippen LogP contribution in [0.3, 0.4) is 0 Å². The summed E-state index contributed by atoms with van der Waals surface area (Å²) in [5.74, 6) is 0.0584. The van der Waals surface area contributed by atoms with Crippen molar-refractivity contribution in [3.8, 4) is 0 Å². The summed E-state index contributed by atoms with van der Waals surface area (Å²) < 4.78 is 0. The predicted molar refractivity (Wildman–Crippen MR) is 60.0 cm³/mol. The number of nitrogens with zero attached hydrogens (tertiary/aromatic N) is 1. The molecular weight excluding hydrogens is 202 g/mol. The molecule has 2 rings (SSSR count). The minimum Gasteiger partial charge on any atom is -0.299 e. The molecule has 3 heteroatoms. The third-order valence-corrected chi connectivity index (χ3v) is 3.32. The number of rotatable bonds is 2. The van der Waals surface area contributed by atoms with Gasteiger partial charge in [0.15, 0.2) is 0 Å². The molecule has 0 spiro atoms. The molecule has 0 aliphatic heterocycles. The first-order valence-electron chi connectivity index (χ1n) is 5.61. The van der Waals surface area contributed by atoms with Gasteiger partial charge in [-0.05, 0) is 43.4 Å². The van der Waals surface area contributed by atoms with Crippen LogP contribution in [0.5, 0.6) is 0 Å². The average Bonchev–Trinajstić information content (AvgIpc) is 2.30. The van der Waals surface area contributed by atoms with Crippen molar-refractivity contribution in [1.82, 2.24) is 4.98 Å². The molecule has 1 aliphatic carbocycles. The van der Waals surface area contributed by atoms with Crippen molar-refractivity contribution in [2.24, 2.45) is 5.92 Å². The number of Topliss-reactive ketones (excluding diaryl/α,β-unsaturated/α-hetero) is 2. The van der Waals surface area contributed by atoms with Gasteiger partial charge < -0.3 is 0 Å². The molecule has 0 bridgehead atoms. The predicted octanol–water partition coefficient (Wildman–Crippen LogP) is 2.12. The summed E-state index contributed by atoms with van der Waals surface area (Å²) in [6.07, 6.45) is 5.56.